The standard InChI is InChI=1S/C12H11BrN2O/c13-10-7-14-8-11-12(10)9(6-15-11)4-2-1-3-5-16/h6-8,15-16H,1,3,5H2. The fraction of sp³-hybridized carbons (Fsp3) is 0.250. The van der Waals surface area contributed by atoms with Crippen molar-refractivity contribution in [1.29, 1.82) is 0 Å². The molecule has 0 unspecified atom stereocenters. The fourth-order valence-corrected chi connectivity index (χ4v) is 2.01. The van der Waals surface area contributed by atoms with Crippen LogP contribution in [0.2, 0.25) is 0 Å². The van der Waals surface area contributed by atoms with Gasteiger partial charge in [0.15, 0.2) is 0 Å². The normalized spacial score (nSPS) is 10.1. The molecule has 2 aromatic rings. The molecule has 0 bridgehead atoms. The molecule has 0 saturated carbocycles. The van der Waals surface area contributed by atoms with Crippen LogP contribution in [0.3, 0.4) is 0 Å². The first-order valence-corrected chi connectivity index (χ1v) is 5.82. The van der Waals surface area contributed by atoms with Gasteiger partial charge in [0.2, 0.25) is 0 Å². The smallest absolute Gasteiger partial charge is 0.0664 e. The van der Waals surface area contributed by atoms with Gasteiger partial charge in [0.25, 0.3) is 0 Å². The Morgan fingerprint density at radius 2 is 2.31 bits per heavy atom. The highest BCUT2D eigenvalue weighted by Gasteiger charge is 2.04. The topological polar surface area (TPSA) is 48.9 Å². The van der Waals surface area contributed by atoms with Crippen molar-refractivity contribution in [2.75, 3.05) is 6.61 Å². The van der Waals surface area contributed by atoms with E-state index < -0.39 is 0 Å². The quantitative estimate of drug-likeness (QED) is 0.655. The number of hydrogen-bond acceptors (Lipinski definition) is 2. The minimum Gasteiger partial charge on any atom is -0.396 e. The number of aromatic nitrogens is 2. The van der Waals surface area contributed by atoms with E-state index in [1.807, 2.05) is 6.20 Å². The maximum Gasteiger partial charge on any atom is 0.0664 e. The number of fused-ring (bicyclic) bond motifs is 1. The van der Waals surface area contributed by atoms with Gasteiger partial charge in [-0.3, -0.25) is 4.98 Å². The van der Waals surface area contributed by atoms with Crippen LogP contribution in [0.5, 0.6) is 0 Å². The van der Waals surface area contributed by atoms with E-state index in [1.165, 1.54) is 0 Å². The summed E-state index contributed by atoms with van der Waals surface area (Å²) >= 11 is 3.46. The van der Waals surface area contributed by atoms with Crippen molar-refractivity contribution < 1.29 is 5.11 Å². The van der Waals surface area contributed by atoms with E-state index in [2.05, 4.69) is 37.7 Å². The number of halogens is 1. The van der Waals surface area contributed by atoms with E-state index in [1.54, 1.807) is 12.4 Å². The van der Waals surface area contributed by atoms with E-state index in [4.69, 9.17) is 5.11 Å². The second-order valence-corrected chi connectivity index (χ2v) is 4.23. The zero-order valence-corrected chi connectivity index (χ0v) is 10.2. The average molecular weight is 279 g/mol. The van der Waals surface area contributed by atoms with Crippen LogP contribution < -0.4 is 0 Å². The van der Waals surface area contributed by atoms with Gasteiger partial charge in [-0.2, -0.15) is 0 Å². The Hall–Kier alpha value is -1.31. The molecule has 16 heavy (non-hydrogen) atoms. The first-order valence-electron chi connectivity index (χ1n) is 5.03. The Morgan fingerprint density at radius 3 is 3.12 bits per heavy atom. The number of nitrogens with one attached hydrogen (secondary N) is 1. The molecule has 0 fully saturated rings. The third kappa shape index (κ3) is 2.26. The molecule has 2 rings (SSSR count). The maximum absolute atomic E-state index is 8.65. The molecule has 0 aliphatic rings. The van der Waals surface area contributed by atoms with Gasteiger partial charge in [0.05, 0.1) is 17.3 Å². The summed E-state index contributed by atoms with van der Waals surface area (Å²) in [6, 6.07) is 0. The van der Waals surface area contributed by atoms with Crippen LogP contribution in [0.1, 0.15) is 18.4 Å². The molecule has 0 aromatic carbocycles. The maximum atomic E-state index is 8.65. The molecular formula is C12H11BrN2O. The predicted molar refractivity (Wildman–Crippen MR) is 67.0 cm³/mol. The zero-order valence-electron chi connectivity index (χ0n) is 8.63. The molecule has 3 nitrogen and oxygen atoms in total. The van der Waals surface area contributed by atoms with Gasteiger partial charge in [-0.15, -0.1) is 0 Å². The number of nitrogens with zero attached hydrogens (tertiary/aromatic N) is 1. The summed E-state index contributed by atoms with van der Waals surface area (Å²) in [5.41, 5.74) is 1.93. The summed E-state index contributed by atoms with van der Waals surface area (Å²) in [6.07, 6.45) is 6.85. The largest absolute Gasteiger partial charge is 0.396 e. The molecule has 0 aliphatic carbocycles. The number of rotatable bonds is 2. The third-order valence-corrected chi connectivity index (χ3v) is 2.83. The van der Waals surface area contributed by atoms with Gasteiger partial charge in [0, 0.05) is 35.3 Å². The molecule has 0 atom stereocenters. The van der Waals surface area contributed by atoms with Crippen LogP contribution in [-0.2, 0) is 0 Å². The average Bonchev–Trinajstić information content (AvgIpc) is 2.69. The fourth-order valence-electron chi connectivity index (χ4n) is 1.46. The van der Waals surface area contributed by atoms with Crippen molar-refractivity contribution in [3.05, 3.63) is 28.6 Å². The molecule has 0 radical (unpaired) electrons. The molecule has 2 aromatic heterocycles. The van der Waals surface area contributed by atoms with Crippen molar-refractivity contribution in [3.63, 3.8) is 0 Å². The lowest BCUT2D eigenvalue weighted by Gasteiger charge is -1.93. The number of aliphatic hydroxyl groups is 1. The SMILES string of the molecule is OCCCC#Cc1c[nH]c2cncc(Br)c12. The van der Waals surface area contributed by atoms with Crippen molar-refractivity contribution in [2.24, 2.45) is 0 Å². The lowest BCUT2D eigenvalue weighted by molar-refractivity contribution is 0.290. The molecular weight excluding hydrogens is 268 g/mol. The van der Waals surface area contributed by atoms with Gasteiger partial charge >= 0.3 is 0 Å². The molecule has 0 spiro atoms. The van der Waals surface area contributed by atoms with E-state index in [0.29, 0.717) is 6.42 Å². The summed E-state index contributed by atoms with van der Waals surface area (Å²) in [6.45, 7) is 0.191. The highest BCUT2D eigenvalue weighted by molar-refractivity contribution is 9.10. The van der Waals surface area contributed by atoms with Crippen LogP contribution >= 0.6 is 15.9 Å². The highest BCUT2D eigenvalue weighted by atomic mass is 79.9. The van der Waals surface area contributed by atoms with Crippen LogP contribution in [0.4, 0.5) is 0 Å². The van der Waals surface area contributed by atoms with Crippen molar-refractivity contribution >= 4 is 26.8 Å². The number of hydrogen-bond donors (Lipinski definition) is 2. The molecule has 82 valence electrons. The minimum atomic E-state index is 0.191. The zero-order chi connectivity index (χ0) is 11.4. The first kappa shape index (κ1) is 11.2. The summed E-state index contributed by atoms with van der Waals surface area (Å²) in [4.78, 5) is 7.20. The second kappa shape index (κ2) is 5.15. The summed E-state index contributed by atoms with van der Waals surface area (Å²) in [5.74, 6) is 6.13. The highest BCUT2D eigenvalue weighted by Crippen LogP contribution is 2.25. The van der Waals surface area contributed by atoms with Gasteiger partial charge < -0.3 is 10.1 Å². The molecule has 0 saturated heterocycles. The molecule has 2 N–H and O–H groups in total. The van der Waals surface area contributed by atoms with Gasteiger partial charge in [-0.05, 0) is 22.4 Å². The minimum absolute atomic E-state index is 0.191. The second-order valence-electron chi connectivity index (χ2n) is 3.38. The van der Waals surface area contributed by atoms with E-state index in [0.717, 1.165) is 27.4 Å². The van der Waals surface area contributed by atoms with Crippen molar-refractivity contribution in [2.45, 2.75) is 12.8 Å². The lowest BCUT2D eigenvalue weighted by Crippen LogP contribution is -1.79. The van der Waals surface area contributed by atoms with E-state index in [-0.39, 0.29) is 6.61 Å². The van der Waals surface area contributed by atoms with Crippen molar-refractivity contribution in [1.82, 2.24) is 9.97 Å². The van der Waals surface area contributed by atoms with Crippen LogP contribution in [0.15, 0.2) is 23.1 Å². The first-order chi connectivity index (χ1) is 7.83. The number of H-pyrrole nitrogens is 1. The monoisotopic (exact) mass is 278 g/mol. The van der Waals surface area contributed by atoms with Crippen LogP contribution in [-0.4, -0.2) is 21.7 Å². The lowest BCUT2D eigenvalue weighted by atomic mass is 10.2. The van der Waals surface area contributed by atoms with Crippen molar-refractivity contribution in [3.8, 4) is 11.8 Å². The summed E-state index contributed by atoms with van der Waals surface area (Å²) < 4.78 is 0.942. The van der Waals surface area contributed by atoms with Gasteiger partial charge in [0.1, 0.15) is 0 Å². The molecule has 4 heteroatoms. The third-order valence-electron chi connectivity index (χ3n) is 2.22. The Labute approximate surface area is 102 Å². The Morgan fingerprint density at radius 1 is 1.44 bits per heavy atom. The summed E-state index contributed by atoms with van der Waals surface area (Å²) in [7, 11) is 0. The Kier molecular flexibility index (Phi) is 3.60. The van der Waals surface area contributed by atoms with E-state index >= 15 is 0 Å². The van der Waals surface area contributed by atoms with Gasteiger partial charge in [-0.1, -0.05) is 11.8 Å². The molecule has 0 amide bonds. The Balaban J connectivity index is 2.33. The van der Waals surface area contributed by atoms with Crippen LogP contribution in [0.25, 0.3) is 10.9 Å². The number of unbranched alkanes of at least 4 members (excludes halogenated alkanes) is 1. The Bertz CT molecular complexity index is 551. The summed E-state index contributed by atoms with van der Waals surface area (Å²) in [5, 5.41) is 9.71. The number of aliphatic hydroxyl groups excluding tert-OH is 1. The molecule has 0 aliphatic heterocycles. The molecule has 2 heterocycles. The van der Waals surface area contributed by atoms with E-state index in [9.17, 15) is 0 Å². The predicted octanol–water partition coefficient (Wildman–Crippen LogP) is 2.45. The number of aromatic amines is 1. The van der Waals surface area contributed by atoms with Crippen LogP contribution in [0, 0.1) is 11.8 Å². The van der Waals surface area contributed by atoms with Gasteiger partial charge in [-0.25, -0.2) is 0 Å². The number of pyridine rings is 1.